The Labute approximate surface area is 177 Å². The summed E-state index contributed by atoms with van der Waals surface area (Å²) >= 11 is 0. The molecular formula is C23H29N3O4. The topological polar surface area (TPSA) is 91.8 Å². The van der Waals surface area contributed by atoms with Crippen molar-refractivity contribution in [3.8, 4) is 5.88 Å². The Kier molecular flexibility index (Phi) is 6.92. The number of hydrogen-bond acceptors (Lipinski definition) is 4. The van der Waals surface area contributed by atoms with Crippen LogP contribution < -0.4 is 10.1 Å². The van der Waals surface area contributed by atoms with Crippen LogP contribution in [-0.4, -0.2) is 47.1 Å². The van der Waals surface area contributed by atoms with Gasteiger partial charge in [0.2, 0.25) is 5.88 Å². The fourth-order valence-corrected chi connectivity index (χ4v) is 3.92. The lowest BCUT2D eigenvalue weighted by Crippen LogP contribution is -2.33. The van der Waals surface area contributed by atoms with Gasteiger partial charge in [0.25, 0.3) is 5.91 Å². The van der Waals surface area contributed by atoms with E-state index in [1.54, 1.807) is 19.2 Å². The zero-order chi connectivity index (χ0) is 21.7. The molecule has 7 heteroatoms. The van der Waals surface area contributed by atoms with Crippen LogP contribution >= 0.6 is 0 Å². The Morgan fingerprint density at radius 2 is 2.10 bits per heavy atom. The Bertz CT molecular complexity index is 896. The highest BCUT2D eigenvalue weighted by atomic mass is 16.5. The summed E-state index contributed by atoms with van der Waals surface area (Å²) in [6.07, 6.45) is 2.28. The molecule has 1 aromatic carbocycles. The Balaban J connectivity index is 1.73. The highest BCUT2D eigenvalue weighted by Gasteiger charge is 2.26. The third kappa shape index (κ3) is 5.28. The van der Waals surface area contributed by atoms with Crippen molar-refractivity contribution in [2.45, 2.75) is 39.2 Å². The van der Waals surface area contributed by atoms with Gasteiger partial charge >= 0.3 is 6.09 Å². The van der Waals surface area contributed by atoms with Crippen LogP contribution in [0.3, 0.4) is 0 Å². The molecule has 2 N–H and O–H groups in total. The van der Waals surface area contributed by atoms with E-state index in [4.69, 9.17) is 4.74 Å². The second-order valence-corrected chi connectivity index (χ2v) is 8.09. The molecule has 0 saturated carbocycles. The van der Waals surface area contributed by atoms with Crippen molar-refractivity contribution in [2.24, 2.45) is 5.92 Å². The average Bonchev–Trinajstić information content (AvgIpc) is 2.91. The smallest absolute Gasteiger partial charge is 0.407 e. The molecular weight excluding hydrogens is 382 g/mol. The highest BCUT2D eigenvalue weighted by Crippen LogP contribution is 2.31. The van der Waals surface area contributed by atoms with Gasteiger partial charge in [0.05, 0.1) is 5.56 Å². The number of amides is 2. The first kappa shape index (κ1) is 21.6. The van der Waals surface area contributed by atoms with Crippen molar-refractivity contribution in [2.75, 3.05) is 20.1 Å². The van der Waals surface area contributed by atoms with Crippen molar-refractivity contribution in [1.29, 1.82) is 0 Å². The van der Waals surface area contributed by atoms with E-state index in [2.05, 4.69) is 36.3 Å². The van der Waals surface area contributed by atoms with Crippen molar-refractivity contribution < 1.29 is 19.4 Å². The van der Waals surface area contributed by atoms with Crippen LogP contribution in [0.2, 0.25) is 0 Å². The minimum Gasteiger partial charge on any atom is -0.473 e. The summed E-state index contributed by atoms with van der Waals surface area (Å²) in [7, 11) is 1.58. The molecule has 1 atom stereocenters. The Morgan fingerprint density at radius 3 is 2.73 bits per heavy atom. The van der Waals surface area contributed by atoms with Crippen LogP contribution in [0, 0.1) is 5.92 Å². The number of pyridine rings is 1. The van der Waals surface area contributed by atoms with Gasteiger partial charge in [-0.15, -0.1) is 0 Å². The summed E-state index contributed by atoms with van der Waals surface area (Å²) in [5, 5.41) is 12.1. The summed E-state index contributed by atoms with van der Waals surface area (Å²) in [5.74, 6) is 0.953. The molecule has 1 aliphatic rings. The van der Waals surface area contributed by atoms with Crippen LogP contribution in [-0.2, 0) is 13.0 Å². The lowest BCUT2D eigenvalue weighted by molar-refractivity contribution is 0.0962. The number of nitrogens with zero attached hydrogens (tertiary/aromatic N) is 2. The number of nitrogens with one attached hydrogen (secondary N) is 1. The summed E-state index contributed by atoms with van der Waals surface area (Å²) in [6, 6.07) is 9.63. The predicted octanol–water partition coefficient (Wildman–Crippen LogP) is 3.69. The van der Waals surface area contributed by atoms with Gasteiger partial charge in [-0.3, -0.25) is 4.79 Å². The van der Waals surface area contributed by atoms with Crippen LogP contribution in [0.4, 0.5) is 4.79 Å². The summed E-state index contributed by atoms with van der Waals surface area (Å²) in [5.41, 5.74) is 3.92. The summed E-state index contributed by atoms with van der Waals surface area (Å²) in [6.45, 7) is 5.74. The van der Waals surface area contributed by atoms with E-state index in [0.717, 1.165) is 12.0 Å². The summed E-state index contributed by atoms with van der Waals surface area (Å²) < 4.78 is 5.79. The molecule has 0 radical (unpaired) electrons. The minimum absolute atomic E-state index is 0.189. The standard InChI is InChI=1S/C23H29N3O4/c1-15(2)10-19-13-26(23(28)29)9-8-17-11-16(4-6-20(17)19)14-30-21-7-5-18(12-25-21)22(27)24-3/h4-7,11-12,15,19H,8-10,13-14H2,1-3H3,(H,24,27)(H,28,29). The van der Waals surface area contributed by atoms with Crippen LogP contribution in [0.5, 0.6) is 5.88 Å². The maximum atomic E-state index is 11.6. The van der Waals surface area contributed by atoms with E-state index >= 15 is 0 Å². The second kappa shape index (κ2) is 9.61. The maximum absolute atomic E-state index is 11.6. The number of fused-ring (bicyclic) bond motifs is 1. The zero-order valence-corrected chi connectivity index (χ0v) is 17.7. The Hall–Kier alpha value is -3.09. The molecule has 0 spiro atoms. The average molecular weight is 412 g/mol. The second-order valence-electron chi connectivity index (χ2n) is 8.09. The fraction of sp³-hybridized carbons (Fsp3) is 0.435. The molecule has 160 valence electrons. The summed E-state index contributed by atoms with van der Waals surface area (Å²) in [4.78, 5) is 28.9. The molecule has 1 unspecified atom stereocenters. The van der Waals surface area contributed by atoms with Crippen molar-refractivity contribution >= 4 is 12.0 Å². The monoisotopic (exact) mass is 411 g/mol. The molecule has 2 amide bonds. The largest absolute Gasteiger partial charge is 0.473 e. The fourth-order valence-electron chi connectivity index (χ4n) is 3.92. The molecule has 30 heavy (non-hydrogen) atoms. The number of carbonyl (C=O) groups excluding carboxylic acids is 1. The number of aromatic nitrogens is 1. The molecule has 0 saturated heterocycles. The van der Waals surface area contributed by atoms with Gasteiger partial charge in [-0.25, -0.2) is 9.78 Å². The predicted molar refractivity (Wildman–Crippen MR) is 114 cm³/mol. The van der Waals surface area contributed by atoms with Gasteiger partial charge in [-0.2, -0.15) is 0 Å². The minimum atomic E-state index is -0.855. The third-order valence-corrected chi connectivity index (χ3v) is 5.38. The van der Waals surface area contributed by atoms with Gasteiger partial charge in [0.1, 0.15) is 6.61 Å². The molecule has 1 aliphatic heterocycles. The van der Waals surface area contributed by atoms with E-state index in [9.17, 15) is 14.7 Å². The van der Waals surface area contributed by atoms with Crippen LogP contribution in [0.25, 0.3) is 0 Å². The first-order valence-corrected chi connectivity index (χ1v) is 10.3. The SMILES string of the molecule is CNC(=O)c1ccc(OCc2ccc3c(c2)CCN(C(=O)O)CC3CC(C)C)nc1. The van der Waals surface area contributed by atoms with E-state index in [-0.39, 0.29) is 11.8 Å². The van der Waals surface area contributed by atoms with Crippen molar-refractivity contribution in [3.05, 3.63) is 58.8 Å². The number of carbonyl (C=O) groups is 2. The molecule has 0 aliphatic carbocycles. The van der Waals surface area contributed by atoms with E-state index < -0.39 is 6.09 Å². The first-order valence-electron chi connectivity index (χ1n) is 10.3. The van der Waals surface area contributed by atoms with Crippen molar-refractivity contribution in [1.82, 2.24) is 15.2 Å². The van der Waals surface area contributed by atoms with Gasteiger partial charge in [0, 0.05) is 38.3 Å². The number of benzene rings is 1. The maximum Gasteiger partial charge on any atom is 0.407 e. The van der Waals surface area contributed by atoms with E-state index in [1.165, 1.54) is 22.2 Å². The number of carboxylic acid groups (broad SMARTS) is 1. The van der Waals surface area contributed by atoms with Gasteiger partial charge in [0.15, 0.2) is 0 Å². The molecule has 7 nitrogen and oxygen atoms in total. The van der Waals surface area contributed by atoms with Crippen molar-refractivity contribution in [3.63, 3.8) is 0 Å². The highest BCUT2D eigenvalue weighted by molar-refractivity contribution is 5.93. The number of hydrogen-bond donors (Lipinski definition) is 2. The first-order chi connectivity index (χ1) is 14.4. The molecule has 0 fully saturated rings. The molecule has 2 aromatic rings. The number of rotatable bonds is 6. The van der Waals surface area contributed by atoms with Gasteiger partial charge in [-0.05, 0) is 41.5 Å². The van der Waals surface area contributed by atoms with Crippen LogP contribution in [0.1, 0.15) is 53.2 Å². The van der Waals surface area contributed by atoms with E-state index in [1.807, 2.05) is 6.07 Å². The zero-order valence-electron chi connectivity index (χ0n) is 17.7. The Morgan fingerprint density at radius 1 is 1.30 bits per heavy atom. The third-order valence-electron chi connectivity index (χ3n) is 5.38. The molecule has 1 aromatic heterocycles. The van der Waals surface area contributed by atoms with Gasteiger partial charge < -0.3 is 20.1 Å². The molecule has 2 heterocycles. The molecule has 0 bridgehead atoms. The van der Waals surface area contributed by atoms with E-state index in [0.29, 0.717) is 43.5 Å². The lowest BCUT2D eigenvalue weighted by atomic mass is 9.86. The molecule has 3 rings (SSSR count). The normalized spacial score (nSPS) is 16.0. The lowest BCUT2D eigenvalue weighted by Gasteiger charge is -2.24. The number of ether oxygens (including phenoxy) is 1. The van der Waals surface area contributed by atoms with Gasteiger partial charge in [-0.1, -0.05) is 32.0 Å². The quantitative estimate of drug-likeness (QED) is 0.756. The van der Waals surface area contributed by atoms with Crippen LogP contribution in [0.15, 0.2) is 36.5 Å².